The Balaban J connectivity index is -0.000000302. The highest BCUT2D eigenvalue weighted by Gasteiger charge is 2.11. The number of thiol groups is 1. The van der Waals surface area contributed by atoms with E-state index in [4.69, 9.17) is 9.53 Å². The number of hydrogen-bond donors (Lipinski definition) is 1. The van der Waals surface area contributed by atoms with E-state index in [-0.39, 0.29) is 24.2 Å². The van der Waals surface area contributed by atoms with Crippen LogP contribution in [-0.4, -0.2) is 48.5 Å². The smallest absolute Gasteiger partial charge is 0.320 e. The van der Waals surface area contributed by atoms with E-state index < -0.39 is 0 Å². The van der Waals surface area contributed by atoms with Gasteiger partial charge < -0.3 is 9.53 Å². The fraction of sp³-hybridized carbons (Fsp3) is 0.850. The van der Waals surface area contributed by atoms with Crippen molar-refractivity contribution in [3.05, 3.63) is 0 Å². The minimum absolute atomic E-state index is 0.165. The first-order valence-corrected chi connectivity index (χ1v) is 10.5. The van der Waals surface area contributed by atoms with Crippen molar-refractivity contribution in [3.8, 4) is 0 Å². The molecule has 0 bridgehead atoms. The normalized spacial score (nSPS) is 8.81. The number of ether oxygens (including phenoxy) is 1. The Hall–Kier alpha value is -0.880. The van der Waals surface area contributed by atoms with Crippen LogP contribution in [-0.2, 0) is 19.1 Å². The first-order valence-electron chi connectivity index (χ1n) is 10.0. The van der Waals surface area contributed by atoms with Crippen LogP contribution in [0.1, 0.15) is 87.0 Å². The van der Waals surface area contributed by atoms with Crippen LogP contribution in [0.15, 0.2) is 0 Å². The quantitative estimate of drug-likeness (QED) is 0.220. The van der Waals surface area contributed by atoms with Gasteiger partial charge in [-0.05, 0) is 19.9 Å². The third-order valence-corrected chi connectivity index (χ3v) is 3.06. The van der Waals surface area contributed by atoms with Gasteiger partial charge in [0.2, 0.25) is 0 Å². The van der Waals surface area contributed by atoms with Gasteiger partial charge in [-0.25, -0.2) is 0 Å². The highest BCUT2D eigenvalue weighted by molar-refractivity contribution is 7.96. The number of carbonyl (C=O) groups excluding carboxylic acids is 3. The van der Waals surface area contributed by atoms with Gasteiger partial charge in [0.05, 0.1) is 19.7 Å². The summed E-state index contributed by atoms with van der Waals surface area (Å²) in [5, 5.41) is -0.231. The Morgan fingerprint density at radius 2 is 1.38 bits per heavy atom. The molecule has 0 spiro atoms. The molecule has 0 atom stereocenters. The highest BCUT2D eigenvalue weighted by Crippen LogP contribution is 2.05. The third kappa shape index (κ3) is 34.5. The topological polar surface area (TPSA) is 63.7 Å². The Morgan fingerprint density at radius 1 is 0.923 bits per heavy atom. The summed E-state index contributed by atoms with van der Waals surface area (Å²) in [7, 11) is 0. The second-order valence-corrected chi connectivity index (χ2v) is 5.42. The fourth-order valence-electron chi connectivity index (χ4n) is 1.77. The summed E-state index contributed by atoms with van der Waals surface area (Å²) in [5.74, 6) is -0.259. The molecule has 0 saturated carbocycles. The number of rotatable bonds is 12. The third-order valence-electron chi connectivity index (χ3n) is 2.92. The van der Waals surface area contributed by atoms with Crippen molar-refractivity contribution in [1.29, 1.82) is 0 Å². The first-order chi connectivity index (χ1) is 12.5. The minimum atomic E-state index is -0.259. The molecule has 0 aliphatic carbocycles. The van der Waals surface area contributed by atoms with Crippen molar-refractivity contribution in [2.45, 2.75) is 87.0 Å². The predicted molar refractivity (Wildman–Crippen MR) is 115 cm³/mol. The molecule has 0 radical (unpaired) electrons. The molecule has 158 valence electrons. The van der Waals surface area contributed by atoms with E-state index in [1.165, 1.54) is 32.6 Å². The van der Waals surface area contributed by atoms with Gasteiger partial charge in [0.25, 0.3) is 0 Å². The Bertz CT molecular complexity index is 300. The Kier molecular flexibility index (Phi) is 40.1. The molecule has 26 heavy (non-hydrogen) atoms. The molecule has 0 rings (SSSR count). The van der Waals surface area contributed by atoms with Crippen molar-refractivity contribution in [3.63, 3.8) is 0 Å². The molecule has 0 heterocycles. The molecule has 0 amide bonds. The first kappa shape index (κ1) is 32.8. The van der Waals surface area contributed by atoms with Crippen LogP contribution in [0.4, 0.5) is 0 Å². The molecule has 5 nitrogen and oxygen atoms in total. The molecule has 0 aliphatic rings. The van der Waals surface area contributed by atoms with Crippen LogP contribution < -0.4 is 0 Å². The zero-order chi connectivity index (χ0) is 21.2. The number of unbranched alkanes of at least 4 members (excludes halogenated alkanes) is 5. The predicted octanol–water partition coefficient (Wildman–Crippen LogP) is 4.93. The summed E-state index contributed by atoms with van der Waals surface area (Å²) < 4.78 is 5.15. The Labute approximate surface area is 167 Å². The molecular weight excluding hydrogens is 350 g/mol. The molecule has 0 aromatic rings. The van der Waals surface area contributed by atoms with Crippen LogP contribution in [0, 0.1) is 0 Å². The number of carbonyl (C=O) groups is 3. The lowest BCUT2D eigenvalue weighted by Crippen LogP contribution is -2.34. The van der Waals surface area contributed by atoms with Crippen LogP contribution in [0.2, 0.25) is 0 Å². The second kappa shape index (κ2) is 31.8. The summed E-state index contributed by atoms with van der Waals surface area (Å²) in [5.41, 5.74) is 0. The zero-order valence-electron chi connectivity index (χ0n) is 18.2. The summed E-state index contributed by atoms with van der Waals surface area (Å²) in [6.45, 7) is 15.0. The van der Waals surface area contributed by atoms with Gasteiger partial charge in [0, 0.05) is 0 Å². The van der Waals surface area contributed by atoms with Gasteiger partial charge >= 0.3 is 5.97 Å². The van der Waals surface area contributed by atoms with Gasteiger partial charge in [0.1, 0.15) is 6.29 Å². The molecule has 0 saturated heterocycles. The van der Waals surface area contributed by atoms with Crippen molar-refractivity contribution in [2.24, 2.45) is 0 Å². The molecule has 6 heteroatoms. The van der Waals surface area contributed by atoms with Gasteiger partial charge in [-0.1, -0.05) is 73.6 Å². The van der Waals surface area contributed by atoms with Crippen molar-refractivity contribution in [2.75, 3.05) is 26.2 Å². The van der Waals surface area contributed by atoms with Gasteiger partial charge in [-0.2, -0.15) is 0 Å². The van der Waals surface area contributed by atoms with Crippen molar-refractivity contribution >= 4 is 30.0 Å². The number of aldehydes is 1. The maximum atomic E-state index is 11.5. The average Bonchev–Trinajstić information content (AvgIpc) is 2.64. The molecule has 0 fully saturated rings. The van der Waals surface area contributed by atoms with E-state index in [0.29, 0.717) is 13.2 Å². The average molecular weight is 394 g/mol. The fourth-order valence-corrected chi connectivity index (χ4v) is 1.97. The highest BCUT2D eigenvalue weighted by atomic mass is 32.1. The molecule has 0 aliphatic heterocycles. The number of esters is 1. The Morgan fingerprint density at radius 3 is 1.81 bits per heavy atom. The van der Waals surface area contributed by atoms with Gasteiger partial charge in [-0.15, -0.1) is 12.6 Å². The maximum absolute atomic E-state index is 11.5. The number of hydrogen-bond acceptors (Lipinski definition) is 5. The maximum Gasteiger partial charge on any atom is 0.320 e. The standard InChI is InChI=1S/C14H27NO3S.C2H4O.2C2H6/c1-3-5-6-7-8-9-10-18-13(16)11-15(4-2)12-14(17)19;1-2-3;2*1-2/h3-12H2,1-2H3,(H,17,19);2H,1H3;2*1-2H3. The molecule has 0 unspecified atom stereocenters. The molecule has 0 aromatic heterocycles. The SMILES string of the molecule is CC.CC.CC=O.CCCCCCCCOC(=O)CN(CC)CC(=O)S. The summed E-state index contributed by atoms with van der Waals surface area (Å²) in [6.07, 6.45) is 7.78. The number of likely N-dealkylation sites (N-methyl/N-ethyl adjacent to an activating group) is 1. The molecule has 0 N–H and O–H groups in total. The van der Waals surface area contributed by atoms with Crippen LogP contribution in [0.3, 0.4) is 0 Å². The van der Waals surface area contributed by atoms with Gasteiger partial charge in [0.15, 0.2) is 5.12 Å². The minimum Gasteiger partial charge on any atom is -0.465 e. The monoisotopic (exact) mass is 393 g/mol. The lowest BCUT2D eigenvalue weighted by molar-refractivity contribution is -0.145. The van der Waals surface area contributed by atoms with E-state index in [9.17, 15) is 9.59 Å². The molecule has 0 aromatic carbocycles. The summed E-state index contributed by atoms with van der Waals surface area (Å²) >= 11 is 3.71. The van der Waals surface area contributed by atoms with E-state index in [1.54, 1.807) is 4.90 Å². The summed E-state index contributed by atoms with van der Waals surface area (Å²) in [6, 6.07) is 0. The lowest BCUT2D eigenvalue weighted by atomic mass is 10.1. The van der Waals surface area contributed by atoms with Crippen molar-refractivity contribution in [1.82, 2.24) is 4.90 Å². The number of nitrogens with zero attached hydrogens (tertiary/aromatic N) is 1. The van der Waals surface area contributed by atoms with Crippen LogP contribution in [0.5, 0.6) is 0 Å². The van der Waals surface area contributed by atoms with E-state index in [0.717, 1.165) is 19.1 Å². The van der Waals surface area contributed by atoms with E-state index in [2.05, 4.69) is 19.6 Å². The molecular formula is C20H43NO4S. The summed E-state index contributed by atoms with van der Waals surface area (Å²) in [4.78, 5) is 32.9. The zero-order valence-corrected chi connectivity index (χ0v) is 19.1. The van der Waals surface area contributed by atoms with Crippen molar-refractivity contribution < 1.29 is 19.1 Å². The second-order valence-electron chi connectivity index (χ2n) is 4.92. The van der Waals surface area contributed by atoms with Crippen LogP contribution >= 0.6 is 12.6 Å². The lowest BCUT2D eigenvalue weighted by Gasteiger charge is -2.17. The van der Waals surface area contributed by atoms with Gasteiger partial charge in [-0.3, -0.25) is 14.5 Å². The largest absolute Gasteiger partial charge is 0.465 e. The van der Waals surface area contributed by atoms with E-state index in [1.807, 2.05) is 34.6 Å². The van der Waals surface area contributed by atoms with Crippen LogP contribution in [0.25, 0.3) is 0 Å². The van der Waals surface area contributed by atoms with E-state index >= 15 is 0 Å².